The van der Waals surface area contributed by atoms with E-state index in [1.54, 1.807) is 0 Å². The van der Waals surface area contributed by atoms with Crippen molar-refractivity contribution in [2.45, 2.75) is 44.2 Å². The summed E-state index contributed by atoms with van der Waals surface area (Å²) in [6.45, 7) is 4.04. The van der Waals surface area contributed by atoms with Gasteiger partial charge in [-0.3, -0.25) is 4.79 Å². The van der Waals surface area contributed by atoms with Crippen molar-refractivity contribution in [1.29, 1.82) is 0 Å². The van der Waals surface area contributed by atoms with Crippen LogP contribution in [0.15, 0.2) is 12.2 Å². The molecule has 3 atom stereocenters. The lowest BCUT2D eigenvalue weighted by Gasteiger charge is -2.40. The molecule has 0 radical (unpaired) electrons. The zero-order chi connectivity index (χ0) is 10.1. The Labute approximate surface area is 84.7 Å². The molecule has 3 nitrogen and oxygen atoms in total. The maximum Gasteiger partial charge on any atom is 0.234 e. The Morgan fingerprint density at radius 3 is 2.93 bits per heavy atom. The molecule has 2 aliphatic rings. The Bertz CT molecular complexity index is 262. The van der Waals surface area contributed by atoms with Crippen LogP contribution in [0.1, 0.15) is 32.1 Å². The second-order valence-electron chi connectivity index (χ2n) is 4.56. The van der Waals surface area contributed by atoms with Gasteiger partial charge in [-0.15, -0.1) is 0 Å². The molecular formula is C11H18N2O. The minimum Gasteiger partial charge on any atom is -0.368 e. The van der Waals surface area contributed by atoms with Gasteiger partial charge in [0.1, 0.15) is 0 Å². The Morgan fingerprint density at radius 2 is 2.21 bits per heavy atom. The molecule has 14 heavy (non-hydrogen) atoms. The van der Waals surface area contributed by atoms with E-state index in [0.29, 0.717) is 12.0 Å². The summed E-state index contributed by atoms with van der Waals surface area (Å²) >= 11 is 0. The number of nitrogens with one attached hydrogen (secondary N) is 1. The standard InChI is InChI=1S/C11H18N2O/c1-7-2-4-9-8(6-7)3-5-10(13-9)11(12)14/h8-10,13H,1-6H2,(H2,12,14). The lowest BCUT2D eigenvalue weighted by molar-refractivity contribution is -0.121. The minimum atomic E-state index is -0.201. The molecule has 0 aromatic heterocycles. The predicted octanol–water partition coefficient (Wildman–Crippen LogP) is 0.949. The van der Waals surface area contributed by atoms with E-state index >= 15 is 0 Å². The summed E-state index contributed by atoms with van der Waals surface area (Å²) in [5.74, 6) is 0.486. The van der Waals surface area contributed by atoms with Crippen LogP contribution in [-0.2, 0) is 4.79 Å². The number of allylic oxidation sites excluding steroid dienone is 1. The largest absolute Gasteiger partial charge is 0.368 e. The third kappa shape index (κ3) is 1.82. The Morgan fingerprint density at radius 1 is 1.43 bits per heavy atom. The average Bonchev–Trinajstić information content (AvgIpc) is 2.16. The third-order valence-electron chi connectivity index (χ3n) is 3.51. The van der Waals surface area contributed by atoms with E-state index in [4.69, 9.17) is 5.73 Å². The first-order chi connectivity index (χ1) is 6.66. The molecule has 1 aliphatic carbocycles. The maximum atomic E-state index is 11.0. The van der Waals surface area contributed by atoms with E-state index in [1.807, 2.05) is 0 Å². The first-order valence-corrected chi connectivity index (χ1v) is 5.39. The topological polar surface area (TPSA) is 55.1 Å². The van der Waals surface area contributed by atoms with Crippen molar-refractivity contribution >= 4 is 5.91 Å². The fourth-order valence-corrected chi connectivity index (χ4v) is 2.68. The number of rotatable bonds is 1. The van der Waals surface area contributed by atoms with Crippen LogP contribution in [0, 0.1) is 5.92 Å². The summed E-state index contributed by atoms with van der Waals surface area (Å²) in [5.41, 5.74) is 6.66. The number of nitrogens with two attached hydrogens (primary N) is 1. The fourth-order valence-electron chi connectivity index (χ4n) is 2.68. The number of hydrogen-bond acceptors (Lipinski definition) is 2. The van der Waals surface area contributed by atoms with Gasteiger partial charge >= 0.3 is 0 Å². The number of hydrogen-bond donors (Lipinski definition) is 2. The normalized spacial score (nSPS) is 37.7. The van der Waals surface area contributed by atoms with E-state index in [0.717, 1.165) is 32.1 Å². The molecule has 1 amide bonds. The number of fused-ring (bicyclic) bond motifs is 1. The molecule has 3 heteroatoms. The number of piperidine rings is 1. The highest BCUT2D eigenvalue weighted by Crippen LogP contribution is 2.34. The monoisotopic (exact) mass is 194 g/mol. The van der Waals surface area contributed by atoms with Crippen LogP contribution in [-0.4, -0.2) is 18.0 Å². The van der Waals surface area contributed by atoms with Crippen LogP contribution >= 0.6 is 0 Å². The molecule has 1 saturated heterocycles. The molecule has 0 spiro atoms. The third-order valence-corrected chi connectivity index (χ3v) is 3.51. The Hall–Kier alpha value is -0.830. The first kappa shape index (κ1) is 9.71. The molecule has 78 valence electrons. The van der Waals surface area contributed by atoms with Crippen molar-refractivity contribution in [1.82, 2.24) is 5.32 Å². The van der Waals surface area contributed by atoms with Crippen molar-refractivity contribution < 1.29 is 4.79 Å². The smallest absolute Gasteiger partial charge is 0.234 e. The molecule has 3 unspecified atom stereocenters. The highest BCUT2D eigenvalue weighted by molar-refractivity contribution is 5.80. The van der Waals surface area contributed by atoms with Gasteiger partial charge in [0, 0.05) is 6.04 Å². The highest BCUT2D eigenvalue weighted by Gasteiger charge is 2.34. The van der Waals surface area contributed by atoms with E-state index < -0.39 is 0 Å². The molecular weight excluding hydrogens is 176 g/mol. The van der Waals surface area contributed by atoms with Gasteiger partial charge in [-0.05, 0) is 38.0 Å². The zero-order valence-corrected chi connectivity index (χ0v) is 8.46. The second kappa shape index (κ2) is 3.73. The molecule has 0 aromatic carbocycles. The second-order valence-corrected chi connectivity index (χ2v) is 4.56. The summed E-state index contributed by atoms with van der Waals surface area (Å²) < 4.78 is 0. The molecule has 3 N–H and O–H groups in total. The van der Waals surface area contributed by atoms with Crippen molar-refractivity contribution in [3.05, 3.63) is 12.2 Å². The van der Waals surface area contributed by atoms with Gasteiger partial charge in [0.05, 0.1) is 6.04 Å². The molecule has 1 heterocycles. The highest BCUT2D eigenvalue weighted by atomic mass is 16.1. The molecule has 1 aliphatic heterocycles. The fraction of sp³-hybridized carbons (Fsp3) is 0.727. The zero-order valence-electron chi connectivity index (χ0n) is 8.46. The quantitative estimate of drug-likeness (QED) is 0.611. The SMILES string of the molecule is C=C1CCC2NC(C(N)=O)CCC2C1. The summed E-state index contributed by atoms with van der Waals surface area (Å²) in [5, 5.41) is 3.36. The van der Waals surface area contributed by atoms with Crippen LogP contribution in [0.2, 0.25) is 0 Å². The lowest BCUT2D eigenvalue weighted by Crippen LogP contribution is -2.54. The van der Waals surface area contributed by atoms with E-state index in [-0.39, 0.29) is 11.9 Å². The molecule has 2 fully saturated rings. The summed E-state index contributed by atoms with van der Waals surface area (Å²) in [4.78, 5) is 11.0. The number of amides is 1. The predicted molar refractivity (Wildman–Crippen MR) is 55.6 cm³/mol. The van der Waals surface area contributed by atoms with Crippen molar-refractivity contribution in [3.63, 3.8) is 0 Å². The molecule has 0 bridgehead atoms. The van der Waals surface area contributed by atoms with Crippen molar-refractivity contribution in [2.75, 3.05) is 0 Å². The van der Waals surface area contributed by atoms with Gasteiger partial charge in [0.25, 0.3) is 0 Å². The Balaban J connectivity index is 1.98. The van der Waals surface area contributed by atoms with Crippen molar-refractivity contribution in [2.24, 2.45) is 11.7 Å². The van der Waals surface area contributed by atoms with Gasteiger partial charge in [-0.25, -0.2) is 0 Å². The molecule has 0 aromatic rings. The first-order valence-electron chi connectivity index (χ1n) is 5.39. The Kier molecular flexibility index (Phi) is 2.59. The maximum absolute atomic E-state index is 11.0. The summed E-state index contributed by atoms with van der Waals surface area (Å²) in [7, 11) is 0. The van der Waals surface area contributed by atoms with Gasteiger partial charge in [-0.2, -0.15) is 0 Å². The minimum absolute atomic E-state index is 0.0948. The number of carbonyl (C=O) groups is 1. The van der Waals surface area contributed by atoms with E-state index in [2.05, 4.69) is 11.9 Å². The number of carbonyl (C=O) groups excluding carboxylic acids is 1. The van der Waals surface area contributed by atoms with Crippen LogP contribution < -0.4 is 11.1 Å². The molecule has 2 rings (SSSR count). The van der Waals surface area contributed by atoms with Gasteiger partial charge in [0.2, 0.25) is 5.91 Å². The van der Waals surface area contributed by atoms with Crippen LogP contribution in [0.4, 0.5) is 0 Å². The lowest BCUT2D eigenvalue weighted by atomic mass is 9.76. The van der Waals surface area contributed by atoms with E-state index in [9.17, 15) is 4.79 Å². The summed E-state index contributed by atoms with van der Waals surface area (Å²) in [6.07, 6.45) is 5.35. The van der Waals surface area contributed by atoms with E-state index in [1.165, 1.54) is 5.57 Å². The van der Waals surface area contributed by atoms with Gasteiger partial charge in [0.15, 0.2) is 0 Å². The van der Waals surface area contributed by atoms with Crippen LogP contribution in [0.5, 0.6) is 0 Å². The summed E-state index contributed by atoms with van der Waals surface area (Å²) in [6, 6.07) is 0.398. The van der Waals surface area contributed by atoms with Crippen molar-refractivity contribution in [3.8, 4) is 0 Å². The van der Waals surface area contributed by atoms with Gasteiger partial charge in [-0.1, -0.05) is 12.2 Å². The van der Waals surface area contributed by atoms with Gasteiger partial charge < -0.3 is 11.1 Å². The molecule has 1 saturated carbocycles. The number of primary amides is 1. The average molecular weight is 194 g/mol. The van der Waals surface area contributed by atoms with Crippen LogP contribution in [0.3, 0.4) is 0 Å². The van der Waals surface area contributed by atoms with Crippen LogP contribution in [0.25, 0.3) is 0 Å².